The Morgan fingerprint density at radius 2 is 2.09 bits per heavy atom. The first-order chi connectivity index (χ1) is 11.2. The van der Waals surface area contributed by atoms with Crippen LogP contribution in [0.4, 0.5) is 0 Å². The molecule has 8 heteroatoms. The van der Waals surface area contributed by atoms with Gasteiger partial charge in [0.25, 0.3) is 0 Å². The van der Waals surface area contributed by atoms with Crippen LogP contribution in [0.5, 0.6) is 0 Å². The molecule has 3 aromatic heterocycles. The van der Waals surface area contributed by atoms with E-state index in [0.717, 1.165) is 4.88 Å². The van der Waals surface area contributed by atoms with Crippen LogP contribution >= 0.6 is 23.1 Å². The number of thioether (sulfide) groups is 1. The van der Waals surface area contributed by atoms with E-state index >= 15 is 0 Å². The van der Waals surface area contributed by atoms with Crippen LogP contribution in [0.25, 0.3) is 26.4 Å². The molecule has 0 radical (unpaired) electrons. The minimum atomic E-state index is -0.370. The minimum absolute atomic E-state index is 0.193. The van der Waals surface area contributed by atoms with Gasteiger partial charge in [0.15, 0.2) is 11.5 Å². The summed E-state index contributed by atoms with van der Waals surface area (Å²) in [6.07, 6.45) is 0. The SMILES string of the molecule is NC(=O)CSc1ccc2nnc(-c3cc4ccccc4s3)n2n1. The van der Waals surface area contributed by atoms with Crippen molar-refractivity contribution in [3.63, 3.8) is 0 Å². The highest BCUT2D eigenvalue weighted by Crippen LogP contribution is 2.32. The van der Waals surface area contributed by atoms with Crippen LogP contribution in [-0.2, 0) is 4.79 Å². The molecule has 0 atom stereocenters. The standard InChI is InChI=1S/C15H11N5OS2/c16-12(21)8-22-14-6-5-13-17-18-15(20(13)19-14)11-7-9-3-1-2-4-10(9)23-11/h1-7H,8H2,(H2,16,21). The van der Waals surface area contributed by atoms with Crippen LogP contribution in [0, 0.1) is 0 Å². The predicted octanol–water partition coefficient (Wildman–Crippen LogP) is 2.58. The summed E-state index contributed by atoms with van der Waals surface area (Å²) in [7, 11) is 0. The fourth-order valence-electron chi connectivity index (χ4n) is 2.24. The lowest BCUT2D eigenvalue weighted by molar-refractivity contribution is -0.115. The van der Waals surface area contributed by atoms with Crippen molar-refractivity contribution >= 4 is 44.7 Å². The van der Waals surface area contributed by atoms with Gasteiger partial charge in [0, 0.05) is 4.70 Å². The van der Waals surface area contributed by atoms with E-state index < -0.39 is 0 Å². The van der Waals surface area contributed by atoms with Crippen molar-refractivity contribution < 1.29 is 4.79 Å². The smallest absolute Gasteiger partial charge is 0.227 e. The van der Waals surface area contributed by atoms with Gasteiger partial charge in [-0.2, -0.15) is 9.61 Å². The lowest BCUT2D eigenvalue weighted by Crippen LogP contribution is -2.13. The van der Waals surface area contributed by atoms with Gasteiger partial charge in [0.05, 0.1) is 10.6 Å². The molecule has 114 valence electrons. The van der Waals surface area contributed by atoms with E-state index in [1.807, 2.05) is 24.3 Å². The van der Waals surface area contributed by atoms with Crippen molar-refractivity contribution in [1.29, 1.82) is 0 Å². The van der Waals surface area contributed by atoms with Crippen LogP contribution in [-0.4, -0.2) is 31.5 Å². The van der Waals surface area contributed by atoms with Crippen molar-refractivity contribution in [3.8, 4) is 10.7 Å². The van der Waals surface area contributed by atoms with Crippen molar-refractivity contribution in [2.75, 3.05) is 5.75 Å². The highest BCUT2D eigenvalue weighted by atomic mass is 32.2. The molecule has 0 saturated carbocycles. The van der Waals surface area contributed by atoms with E-state index in [2.05, 4.69) is 33.5 Å². The summed E-state index contributed by atoms with van der Waals surface area (Å²) in [6, 6.07) is 13.9. The van der Waals surface area contributed by atoms with Crippen LogP contribution < -0.4 is 5.73 Å². The van der Waals surface area contributed by atoms with Gasteiger partial charge in [0.2, 0.25) is 5.91 Å². The third-order valence-corrected chi connectivity index (χ3v) is 5.30. The Hall–Kier alpha value is -2.45. The monoisotopic (exact) mass is 341 g/mol. The number of hydrogen-bond donors (Lipinski definition) is 1. The van der Waals surface area contributed by atoms with Gasteiger partial charge in [-0.05, 0) is 29.7 Å². The molecular weight excluding hydrogens is 330 g/mol. The minimum Gasteiger partial charge on any atom is -0.369 e. The molecular formula is C15H11N5OS2. The Bertz CT molecular complexity index is 990. The number of aromatic nitrogens is 4. The molecule has 0 aliphatic heterocycles. The Morgan fingerprint density at radius 3 is 2.91 bits per heavy atom. The topological polar surface area (TPSA) is 86.2 Å². The number of benzene rings is 1. The number of carbonyl (C=O) groups excluding carboxylic acids is 1. The molecule has 0 spiro atoms. The van der Waals surface area contributed by atoms with Gasteiger partial charge < -0.3 is 5.73 Å². The van der Waals surface area contributed by atoms with Gasteiger partial charge in [-0.3, -0.25) is 4.79 Å². The third kappa shape index (κ3) is 2.66. The Labute approximate surface area is 139 Å². The first kappa shape index (κ1) is 14.2. The number of fused-ring (bicyclic) bond motifs is 2. The summed E-state index contributed by atoms with van der Waals surface area (Å²) >= 11 is 2.95. The molecule has 0 saturated heterocycles. The van der Waals surface area contributed by atoms with E-state index in [4.69, 9.17) is 5.73 Å². The third-order valence-electron chi connectivity index (χ3n) is 3.25. The molecule has 3 heterocycles. The van der Waals surface area contributed by atoms with Crippen molar-refractivity contribution in [2.24, 2.45) is 5.73 Å². The Kier molecular flexibility index (Phi) is 3.47. The molecule has 6 nitrogen and oxygen atoms in total. The number of rotatable bonds is 4. The number of carbonyl (C=O) groups is 1. The highest BCUT2D eigenvalue weighted by Gasteiger charge is 2.13. The van der Waals surface area contributed by atoms with Crippen LogP contribution in [0.1, 0.15) is 0 Å². The van der Waals surface area contributed by atoms with Gasteiger partial charge in [-0.15, -0.1) is 21.5 Å². The largest absolute Gasteiger partial charge is 0.369 e. The van der Waals surface area contributed by atoms with Crippen LogP contribution in [0.2, 0.25) is 0 Å². The molecule has 0 aliphatic carbocycles. The number of amides is 1. The summed E-state index contributed by atoms with van der Waals surface area (Å²) in [6.45, 7) is 0. The van der Waals surface area contributed by atoms with Gasteiger partial charge in [-0.1, -0.05) is 30.0 Å². The summed E-state index contributed by atoms with van der Waals surface area (Å²) in [5.74, 6) is 0.520. The normalized spacial score (nSPS) is 11.3. The van der Waals surface area contributed by atoms with Crippen molar-refractivity contribution in [2.45, 2.75) is 5.03 Å². The van der Waals surface area contributed by atoms with E-state index in [1.165, 1.54) is 21.8 Å². The Balaban J connectivity index is 1.79. The van der Waals surface area contributed by atoms with E-state index in [0.29, 0.717) is 16.5 Å². The maximum atomic E-state index is 10.9. The highest BCUT2D eigenvalue weighted by molar-refractivity contribution is 7.99. The molecule has 2 N–H and O–H groups in total. The molecule has 4 rings (SSSR count). The molecule has 4 aromatic rings. The van der Waals surface area contributed by atoms with E-state index in [9.17, 15) is 4.79 Å². The van der Waals surface area contributed by atoms with Gasteiger partial charge in [-0.25, -0.2) is 0 Å². The summed E-state index contributed by atoms with van der Waals surface area (Å²) in [5, 5.41) is 14.8. The average molecular weight is 341 g/mol. The molecule has 1 amide bonds. The summed E-state index contributed by atoms with van der Waals surface area (Å²) in [4.78, 5) is 11.9. The molecule has 0 unspecified atom stereocenters. The van der Waals surface area contributed by atoms with Crippen molar-refractivity contribution in [1.82, 2.24) is 19.8 Å². The van der Waals surface area contributed by atoms with E-state index in [1.54, 1.807) is 15.9 Å². The second-order valence-electron chi connectivity index (χ2n) is 4.87. The molecule has 23 heavy (non-hydrogen) atoms. The summed E-state index contributed by atoms with van der Waals surface area (Å²) in [5.41, 5.74) is 5.85. The zero-order chi connectivity index (χ0) is 15.8. The number of thiophene rings is 1. The van der Waals surface area contributed by atoms with Crippen molar-refractivity contribution in [3.05, 3.63) is 42.5 Å². The van der Waals surface area contributed by atoms with Crippen LogP contribution in [0.15, 0.2) is 47.5 Å². The zero-order valence-corrected chi connectivity index (χ0v) is 13.5. The number of nitrogens with zero attached hydrogens (tertiary/aromatic N) is 4. The fraction of sp³-hybridized carbons (Fsp3) is 0.0667. The Morgan fingerprint density at radius 1 is 1.22 bits per heavy atom. The lowest BCUT2D eigenvalue weighted by Gasteiger charge is -2.00. The maximum Gasteiger partial charge on any atom is 0.227 e. The molecule has 1 aromatic carbocycles. The molecule has 0 fully saturated rings. The second-order valence-corrected chi connectivity index (χ2v) is 6.95. The predicted molar refractivity (Wildman–Crippen MR) is 91.5 cm³/mol. The van der Waals surface area contributed by atoms with Gasteiger partial charge >= 0.3 is 0 Å². The number of nitrogens with two attached hydrogens (primary N) is 1. The fourth-order valence-corrected chi connectivity index (χ4v) is 3.87. The lowest BCUT2D eigenvalue weighted by atomic mass is 10.2. The quantitative estimate of drug-likeness (QED) is 0.577. The first-order valence-electron chi connectivity index (χ1n) is 6.83. The van der Waals surface area contributed by atoms with Crippen LogP contribution in [0.3, 0.4) is 0 Å². The first-order valence-corrected chi connectivity index (χ1v) is 8.63. The number of primary amides is 1. The second kappa shape index (κ2) is 5.64. The zero-order valence-electron chi connectivity index (χ0n) is 11.8. The van der Waals surface area contributed by atoms with Gasteiger partial charge in [0.1, 0.15) is 5.03 Å². The van der Waals surface area contributed by atoms with E-state index in [-0.39, 0.29) is 11.7 Å². The summed E-state index contributed by atoms with van der Waals surface area (Å²) < 4.78 is 2.90. The average Bonchev–Trinajstić information content (AvgIpc) is 3.15. The molecule has 0 bridgehead atoms. The molecule has 0 aliphatic rings. The maximum absolute atomic E-state index is 10.9. The number of hydrogen-bond acceptors (Lipinski definition) is 6.